The Hall–Kier alpha value is -2.13. The number of aryl methyl sites for hydroxylation is 1. The van der Waals surface area contributed by atoms with Gasteiger partial charge in [-0.05, 0) is 86.6 Å². The second-order valence-corrected chi connectivity index (χ2v) is 11.7. The van der Waals surface area contributed by atoms with Crippen LogP contribution in [0.2, 0.25) is 0 Å². The molecule has 2 fully saturated rings. The van der Waals surface area contributed by atoms with E-state index in [1.165, 1.54) is 63.7 Å². The number of nitrogens with zero attached hydrogens (tertiary/aromatic N) is 2. The monoisotopic (exact) mass is 462 g/mol. The molecule has 0 amide bonds. The van der Waals surface area contributed by atoms with Crippen molar-refractivity contribution in [3.63, 3.8) is 0 Å². The Bertz CT molecular complexity index is 942. The highest BCUT2D eigenvalue weighted by molar-refractivity contribution is 5.69. The largest absolute Gasteiger partial charge is 0.372 e. The van der Waals surface area contributed by atoms with E-state index in [4.69, 9.17) is 0 Å². The van der Waals surface area contributed by atoms with Crippen LogP contribution in [0.25, 0.3) is 16.8 Å². The Kier molecular flexibility index (Phi) is 8.14. The molecule has 2 aromatic rings. The summed E-state index contributed by atoms with van der Waals surface area (Å²) in [7, 11) is 0. The predicted octanol–water partition coefficient (Wildman–Crippen LogP) is 7.64. The summed E-state index contributed by atoms with van der Waals surface area (Å²) >= 11 is 0. The van der Waals surface area contributed by atoms with Gasteiger partial charge in [-0.25, -0.2) is 4.39 Å². The Labute approximate surface area is 206 Å². The van der Waals surface area contributed by atoms with Crippen molar-refractivity contribution in [2.45, 2.75) is 65.7 Å². The van der Waals surface area contributed by atoms with Crippen molar-refractivity contribution in [1.29, 1.82) is 0 Å². The first-order valence-corrected chi connectivity index (χ1v) is 13.3. The van der Waals surface area contributed by atoms with Crippen molar-refractivity contribution < 1.29 is 4.39 Å². The van der Waals surface area contributed by atoms with E-state index in [1.54, 1.807) is 6.07 Å². The minimum absolute atomic E-state index is 0.162. The Balaban J connectivity index is 1.30. The van der Waals surface area contributed by atoms with E-state index in [0.29, 0.717) is 11.0 Å². The highest BCUT2D eigenvalue weighted by atomic mass is 19.1. The van der Waals surface area contributed by atoms with Gasteiger partial charge in [0.2, 0.25) is 0 Å². The Morgan fingerprint density at radius 1 is 0.941 bits per heavy atom. The molecule has 0 saturated carbocycles. The molecule has 34 heavy (non-hydrogen) atoms. The van der Waals surface area contributed by atoms with Gasteiger partial charge < -0.3 is 9.80 Å². The van der Waals surface area contributed by atoms with Gasteiger partial charge in [0, 0.05) is 36.5 Å². The maximum absolute atomic E-state index is 15.0. The van der Waals surface area contributed by atoms with Gasteiger partial charge in [-0.15, -0.1) is 0 Å². The van der Waals surface area contributed by atoms with Crippen LogP contribution in [-0.4, -0.2) is 42.5 Å². The molecule has 0 bridgehead atoms. The number of hydrogen-bond acceptors (Lipinski definition) is 2. The maximum Gasteiger partial charge on any atom is 0.131 e. The molecule has 0 N–H and O–H groups in total. The molecule has 0 atom stereocenters. The highest BCUT2D eigenvalue weighted by Gasteiger charge is 2.23. The molecule has 184 valence electrons. The lowest BCUT2D eigenvalue weighted by Gasteiger charge is -2.36. The first kappa shape index (κ1) is 25.0. The minimum atomic E-state index is -0.162. The lowest BCUT2D eigenvalue weighted by Crippen LogP contribution is -2.39. The molecule has 2 nitrogen and oxygen atoms in total. The van der Waals surface area contributed by atoms with Crippen LogP contribution >= 0.6 is 0 Å². The zero-order valence-corrected chi connectivity index (χ0v) is 21.6. The molecule has 0 radical (unpaired) electrons. The quantitative estimate of drug-likeness (QED) is 0.417. The summed E-state index contributed by atoms with van der Waals surface area (Å²) in [6.45, 7) is 17.0. The summed E-state index contributed by atoms with van der Waals surface area (Å²) in [6, 6.07) is 14.1. The van der Waals surface area contributed by atoms with Crippen LogP contribution in [0.4, 0.5) is 4.39 Å². The molecular weight excluding hydrogens is 419 g/mol. The Morgan fingerprint density at radius 3 is 2.24 bits per heavy atom. The van der Waals surface area contributed by atoms with Crippen LogP contribution in [0.1, 0.15) is 70.4 Å². The van der Waals surface area contributed by atoms with Gasteiger partial charge in [0.1, 0.15) is 5.82 Å². The van der Waals surface area contributed by atoms with Gasteiger partial charge in [-0.1, -0.05) is 63.7 Å². The van der Waals surface area contributed by atoms with Crippen LogP contribution in [0.3, 0.4) is 0 Å². The fraction of sp³-hybridized carbons (Fsp3) is 0.548. The van der Waals surface area contributed by atoms with E-state index in [0.717, 1.165) is 42.3 Å². The molecule has 0 spiro atoms. The van der Waals surface area contributed by atoms with Gasteiger partial charge in [-0.3, -0.25) is 0 Å². The van der Waals surface area contributed by atoms with Crippen LogP contribution < -0.4 is 0 Å². The number of benzene rings is 2. The van der Waals surface area contributed by atoms with Crippen molar-refractivity contribution in [2.75, 3.05) is 32.7 Å². The van der Waals surface area contributed by atoms with Crippen molar-refractivity contribution in [3.8, 4) is 11.1 Å². The lowest BCUT2D eigenvalue weighted by molar-refractivity contribution is 0.133. The van der Waals surface area contributed by atoms with E-state index in [2.05, 4.69) is 61.4 Å². The maximum atomic E-state index is 15.0. The molecule has 3 heteroatoms. The second-order valence-electron chi connectivity index (χ2n) is 11.7. The number of likely N-dealkylation sites (tertiary alicyclic amines) is 2. The molecule has 2 heterocycles. The van der Waals surface area contributed by atoms with Crippen LogP contribution in [-0.2, 0) is 6.42 Å². The number of hydrogen-bond donors (Lipinski definition) is 0. The Morgan fingerprint density at radius 2 is 1.62 bits per heavy atom. The van der Waals surface area contributed by atoms with E-state index in [-0.39, 0.29) is 5.82 Å². The van der Waals surface area contributed by atoms with Crippen molar-refractivity contribution in [2.24, 2.45) is 11.3 Å². The summed E-state index contributed by atoms with van der Waals surface area (Å²) in [6.07, 6.45) is 8.67. The normalized spacial score (nSPS) is 18.3. The summed E-state index contributed by atoms with van der Waals surface area (Å²) in [5, 5.41) is 0. The van der Waals surface area contributed by atoms with Crippen molar-refractivity contribution in [1.82, 2.24) is 9.80 Å². The number of halogens is 1. The second kappa shape index (κ2) is 11.1. The lowest BCUT2D eigenvalue weighted by atomic mass is 9.88. The fourth-order valence-electron chi connectivity index (χ4n) is 5.60. The number of piperidine rings is 2. The summed E-state index contributed by atoms with van der Waals surface area (Å²) < 4.78 is 15.0. The van der Waals surface area contributed by atoms with Crippen LogP contribution in [0.5, 0.6) is 0 Å². The molecule has 0 aliphatic carbocycles. The fourth-order valence-corrected chi connectivity index (χ4v) is 5.60. The topological polar surface area (TPSA) is 6.48 Å². The zero-order chi connectivity index (χ0) is 24.1. The smallest absolute Gasteiger partial charge is 0.131 e. The standard InChI is InChI=1S/C31H43FN2/c1-24(34-18-6-5-7-19-34)28-14-15-29(30(32)22-28)27-12-10-25(11-13-27)8-9-26-16-20-33(21-17-26)23-31(2,3)4/h10-15,22,26H,1,5-9,16-21,23H2,2-4H3. The summed E-state index contributed by atoms with van der Waals surface area (Å²) in [5.41, 5.74) is 5.21. The van der Waals surface area contributed by atoms with Gasteiger partial charge in [0.25, 0.3) is 0 Å². The van der Waals surface area contributed by atoms with E-state index in [1.807, 2.05) is 12.1 Å². The first-order chi connectivity index (χ1) is 16.3. The molecular formula is C31H43FN2. The predicted molar refractivity (Wildman–Crippen MR) is 143 cm³/mol. The average molecular weight is 463 g/mol. The molecule has 2 aliphatic rings. The minimum Gasteiger partial charge on any atom is -0.372 e. The third-order valence-electron chi connectivity index (χ3n) is 7.55. The van der Waals surface area contributed by atoms with E-state index in [9.17, 15) is 0 Å². The summed E-state index contributed by atoms with van der Waals surface area (Å²) in [4.78, 5) is 4.92. The number of rotatable bonds is 7. The third-order valence-corrected chi connectivity index (χ3v) is 7.55. The summed E-state index contributed by atoms with van der Waals surface area (Å²) in [5.74, 6) is 0.666. The van der Waals surface area contributed by atoms with Gasteiger partial charge in [0.05, 0.1) is 0 Å². The average Bonchev–Trinajstić information content (AvgIpc) is 2.83. The SMILES string of the molecule is C=C(c1ccc(-c2ccc(CCC3CCN(CC(C)(C)C)CC3)cc2)c(F)c1)N1CCCCC1. The van der Waals surface area contributed by atoms with Crippen LogP contribution in [0.15, 0.2) is 49.0 Å². The molecule has 4 rings (SSSR count). The molecule has 0 unspecified atom stereocenters. The van der Waals surface area contributed by atoms with E-state index >= 15 is 4.39 Å². The van der Waals surface area contributed by atoms with Crippen molar-refractivity contribution in [3.05, 3.63) is 66.0 Å². The van der Waals surface area contributed by atoms with Crippen LogP contribution in [0, 0.1) is 17.2 Å². The van der Waals surface area contributed by atoms with Gasteiger partial charge in [-0.2, -0.15) is 0 Å². The zero-order valence-electron chi connectivity index (χ0n) is 21.6. The highest BCUT2D eigenvalue weighted by Crippen LogP contribution is 2.29. The third kappa shape index (κ3) is 6.72. The van der Waals surface area contributed by atoms with Gasteiger partial charge in [0.15, 0.2) is 0 Å². The molecule has 2 aliphatic heterocycles. The molecule has 2 aromatic carbocycles. The van der Waals surface area contributed by atoms with Crippen molar-refractivity contribution >= 4 is 5.70 Å². The molecule has 0 aromatic heterocycles. The van der Waals surface area contributed by atoms with Gasteiger partial charge >= 0.3 is 0 Å². The molecule has 2 saturated heterocycles. The first-order valence-electron chi connectivity index (χ1n) is 13.3. The van der Waals surface area contributed by atoms with E-state index < -0.39 is 0 Å².